The molecule has 6 nitrogen and oxygen atoms in total. The van der Waals surface area contributed by atoms with Crippen LogP contribution in [0.2, 0.25) is 0 Å². The summed E-state index contributed by atoms with van der Waals surface area (Å²) in [6.45, 7) is 0.293. The summed E-state index contributed by atoms with van der Waals surface area (Å²) in [7, 11) is 3.11. The van der Waals surface area contributed by atoms with E-state index < -0.39 is 0 Å². The molecule has 2 aromatic carbocycles. The fraction of sp³-hybridized carbons (Fsp3) is 0.158. The minimum Gasteiger partial charge on any atom is -0.493 e. The number of rotatable bonds is 6. The van der Waals surface area contributed by atoms with Crippen molar-refractivity contribution in [3.8, 4) is 17.2 Å². The SMILES string of the molecule is COc1cc(CNC(=O)c2ccn(-c3ccc(F)cc3)n2)cc(Br)c1OC. The van der Waals surface area contributed by atoms with Crippen molar-refractivity contribution in [2.75, 3.05) is 14.2 Å². The number of aromatic nitrogens is 2. The Morgan fingerprint density at radius 3 is 2.59 bits per heavy atom. The topological polar surface area (TPSA) is 65.4 Å². The maximum atomic E-state index is 13.0. The number of ether oxygens (including phenoxy) is 2. The summed E-state index contributed by atoms with van der Waals surface area (Å²) in [6.07, 6.45) is 1.65. The second kappa shape index (κ2) is 8.22. The van der Waals surface area contributed by atoms with Gasteiger partial charge in [0, 0.05) is 12.7 Å². The molecular formula is C19H17BrFN3O3. The lowest BCUT2D eigenvalue weighted by molar-refractivity contribution is 0.0945. The van der Waals surface area contributed by atoms with Crippen LogP contribution >= 0.6 is 15.9 Å². The largest absolute Gasteiger partial charge is 0.493 e. The highest BCUT2D eigenvalue weighted by molar-refractivity contribution is 9.10. The maximum Gasteiger partial charge on any atom is 0.272 e. The lowest BCUT2D eigenvalue weighted by atomic mass is 10.2. The Labute approximate surface area is 164 Å². The van der Waals surface area contributed by atoms with Crippen LogP contribution in [0, 0.1) is 5.82 Å². The maximum absolute atomic E-state index is 13.0. The van der Waals surface area contributed by atoms with Gasteiger partial charge in [0.15, 0.2) is 17.2 Å². The third kappa shape index (κ3) is 4.28. The van der Waals surface area contributed by atoms with Crippen LogP contribution in [0.15, 0.2) is 53.1 Å². The number of halogens is 2. The molecule has 1 heterocycles. The van der Waals surface area contributed by atoms with E-state index in [4.69, 9.17) is 9.47 Å². The molecule has 0 saturated carbocycles. The van der Waals surface area contributed by atoms with Crippen molar-refractivity contribution in [1.82, 2.24) is 15.1 Å². The molecule has 0 radical (unpaired) electrons. The Kier molecular flexibility index (Phi) is 5.75. The molecule has 0 aliphatic heterocycles. The van der Waals surface area contributed by atoms with Crippen molar-refractivity contribution in [3.05, 3.63) is 70.2 Å². The van der Waals surface area contributed by atoms with Gasteiger partial charge in [0.05, 0.1) is 24.4 Å². The van der Waals surface area contributed by atoms with Crippen LogP contribution in [0.1, 0.15) is 16.1 Å². The summed E-state index contributed by atoms with van der Waals surface area (Å²) in [5.74, 6) is 0.508. The summed E-state index contributed by atoms with van der Waals surface area (Å²) >= 11 is 3.43. The van der Waals surface area contributed by atoms with E-state index in [0.29, 0.717) is 23.7 Å². The first kappa shape index (κ1) is 18.9. The first-order chi connectivity index (χ1) is 13.0. The van der Waals surface area contributed by atoms with Gasteiger partial charge < -0.3 is 14.8 Å². The Hall–Kier alpha value is -2.87. The predicted molar refractivity (Wildman–Crippen MR) is 102 cm³/mol. The second-order valence-electron chi connectivity index (χ2n) is 5.62. The van der Waals surface area contributed by atoms with Gasteiger partial charge >= 0.3 is 0 Å². The summed E-state index contributed by atoms with van der Waals surface area (Å²) in [5, 5.41) is 7.04. The molecule has 0 bridgehead atoms. The van der Waals surface area contributed by atoms with E-state index in [1.54, 1.807) is 44.7 Å². The number of nitrogens with one attached hydrogen (secondary N) is 1. The number of nitrogens with zero attached hydrogens (tertiary/aromatic N) is 2. The zero-order chi connectivity index (χ0) is 19.4. The molecule has 27 heavy (non-hydrogen) atoms. The lowest BCUT2D eigenvalue weighted by Crippen LogP contribution is -2.23. The minimum atomic E-state index is -0.329. The number of methoxy groups -OCH3 is 2. The van der Waals surface area contributed by atoms with Crippen molar-refractivity contribution in [3.63, 3.8) is 0 Å². The predicted octanol–water partition coefficient (Wildman–Crippen LogP) is 3.72. The number of carbonyl (C=O) groups excluding carboxylic acids is 1. The van der Waals surface area contributed by atoms with E-state index in [9.17, 15) is 9.18 Å². The fourth-order valence-electron chi connectivity index (χ4n) is 2.53. The van der Waals surface area contributed by atoms with Crippen LogP contribution in [0.25, 0.3) is 5.69 Å². The van der Waals surface area contributed by atoms with Crippen LogP contribution < -0.4 is 14.8 Å². The van der Waals surface area contributed by atoms with Crippen LogP contribution in [0.4, 0.5) is 4.39 Å². The first-order valence-electron chi connectivity index (χ1n) is 8.02. The van der Waals surface area contributed by atoms with Gasteiger partial charge in [0.25, 0.3) is 5.91 Å². The second-order valence-corrected chi connectivity index (χ2v) is 6.47. The molecule has 0 aliphatic carbocycles. The van der Waals surface area contributed by atoms with Crippen molar-refractivity contribution >= 4 is 21.8 Å². The van der Waals surface area contributed by atoms with Crippen molar-refractivity contribution in [2.45, 2.75) is 6.54 Å². The molecule has 1 aromatic heterocycles. The van der Waals surface area contributed by atoms with Gasteiger partial charge in [-0.1, -0.05) is 0 Å². The van der Waals surface area contributed by atoms with Crippen LogP contribution in [0.5, 0.6) is 11.5 Å². The molecule has 0 unspecified atom stereocenters. The van der Waals surface area contributed by atoms with Gasteiger partial charge in [0.2, 0.25) is 0 Å². The van der Waals surface area contributed by atoms with Crippen LogP contribution in [-0.4, -0.2) is 29.9 Å². The van der Waals surface area contributed by atoms with Crippen LogP contribution in [-0.2, 0) is 6.54 Å². The van der Waals surface area contributed by atoms with E-state index in [1.807, 2.05) is 6.07 Å². The monoisotopic (exact) mass is 433 g/mol. The van der Waals surface area contributed by atoms with E-state index >= 15 is 0 Å². The standard InChI is InChI=1S/C19H17BrFN3O3/c1-26-17-10-12(9-15(20)18(17)27-2)11-22-19(25)16-7-8-24(23-16)14-5-3-13(21)4-6-14/h3-10H,11H2,1-2H3,(H,22,25). The van der Waals surface area contributed by atoms with Crippen LogP contribution in [0.3, 0.4) is 0 Å². The molecule has 3 rings (SSSR count). The summed E-state index contributed by atoms with van der Waals surface area (Å²) in [4.78, 5) is 12.4. The quantitative estimate of drug-likeness (QED) is 0.643. The molecule has 0 spiro atoms. The molecule has 0 aliphatic rings. The molecule has 0 fully saturated rings. The Balaban J connectivity index is 1.70. The third-order valence-corrected chi connectivity index (χ3v) is 4.45. The summed E-state index contributed by atoms with van der Waals surface area (Å²) in [6, 6.07) is 11.1. The van der Waals surface area contributed by atoms with Gasteiger partial charge in [-0.15, -0.1) is 0 Å². The molecule has 0 atom stereocenters. The Morgan fingerprint density at radius 2 is 1.93 bits per heavy atom. The average molecular weight is 434 g/mol. The summed E-state index contributed by atoms with van der Waals surface area (Å²) in [5.41, 5.74) is 1.77. The number of hydrogen-bond donors (Lipinski definition) is 1. The molecule has 1 amide bonds. The number of amides is 1. The number of hydrogen-bond acceptors (Lipinski definition) is 4. The zero-order valence-corrected chi connectivity index (χ0v) is 16.3. The average Bonchev–Trinajstić information content (AvgIpc) is 3.16. The van der Waals surface area contributed by atoms with E-state index in [1.165, 1.54) is 16.8 Å². The molecule has 1 N–H and O–H groups in total. The highest BCUT2D eigenvalue weighted by Crippen LogP contribution is 2.36. The number of carbonyl (C=O) groups is 1. The normalized spacial score (nSPS) is 10.5. The van der Waals surface area contributed by atoms with E-state index in [0.717, 1.165) is 10.0 Å². The minimum absolute atomic E-state index is 0.263. The summed E-state index contributed by atoms with van der Waals surface area (Å²) < 4.78 is 25.8. The van der Waals surface area contributed by atoms with Gasteiger partial charge in [-0.2, -0.15) is 5.10 Å². The van der Waals surface area contributed by atoms with Gasteiger partial charge in [0.1, 0.15) is 5.82 Å². The molecule has 0 saturated heterocycles. The fourth-order valence-corrected chi connectivity index (χ4v) is 3.18. The smallest absolute Gasteiger partial charge is 0.272 e. The lowest BCUT2D eigenvalue weighted by Gasteiger charge is -2.12. The third-order valence-electron chi connectivity index (χ3n) is 3.86. The molecular weight excluding hydrogens is 417 g/mol. The van der Waals surface area contributed by atoms with Gasteiger partial charge in [-0.05, 0) is 64.0 Å². The van der Waals surface area contributed by atoms with E-state index in [2.05, 4.69) is 26.3 Å². The molecule has 140 valence electrons. The van der Waals surface area contributed by atoms with Crippen molar-refractivity contribution in [2.24, 2.45) is 0 Å². The van der Waals surface area contributed by atoms with Crippen molar-refractivity contribution < 1.29 is 18.7 Å². The van der Waals surface area contributed by atoms with Gasteiger partial charge in [-0.3, -0.25) is 4.79 Å². The van der Waals surface area contributed by atoms with Crippen molar-refractivity contribution in [1.29, 1.82) is 0 Å². The highest BCUT2D eigenvalue weighted by Gasteiger charge is 2.13. The van der Waals surface area contributed by atoms with E-state index in [-0.39, 0.29) is 17.4 Å². The van der Waals surface area contributed by atoms with Gasteiger partial charge in [-0.25, -0.2) is 9.07 Å². The number of benzene rings is 2. The molecule has 3 aromatic rings. The molecule has 8 heteroatoms. The first-order valence-corrected chi connectivity index (χ1v) is 8.81. The zero-order valence-electron chi connectivity index (χ0n) is 14.7. The Bertz CT molecular complexity index is 957. The highest BCUT2D eigenvalue weighted by atomic mass is 79.9. The Morgan fingerprint density at radius 1 is 1.19 bits per heavy atom.